The van der Waals surface area contributed by atoms with Crippen LogP contribution in [-0.4, -0.2) is 22.3 Å². The highest BCUT2D eigenvalue weighted by Crippen LogP contribution is 2.17. The minimum atomic E-state index is -0.263. The molecule has 7 heteroatoms. The molecule has 0 unspecified atom stereocenters. The summed E-state index contributed by atoms with van der Waals surface area (Å²) in [7, 11) is 0. The summed E-state index contributed by atoms with van der Waals surface area (Å²) in [5.74, 6) is 0.631. The number of aromatic nitrogens is 2. The topological polar surface area (TPSA) is 78.9 Å². The molecule has 1 aromatic heterocycles. The van der Waals surface area contributed by atoms with Gasteiger partial charge >= 0.3 is 6.03 Å². The predicted molar refractivity (Wildman–Crippen MR) is 94.8 cm³/mol. The molecule has 3 N–H and O–H groups in total. The van der Waals surface area contributed by atoms with Gasteiger partial charge in [0.15, 0.2) is 5.82 Å². The van der Waals surface area contributed by atoms with Gasteiger partial charge < -0.3 is 10.6 Å². The van der Waals surface area contributed by atoms with Crippen molar-refractivity contribution < 1.29 is 9.18 Å². The van der Waals surface area contributed by atoms with E-state index in [1.54, 1.807) is 30.3 Å². The summed E-state index contributed by atoms with van der Waals surface area (Å²) in [5.41, 5.74) is 0.554. The molecule has 25 heavy (non-hydrogen) atoms. The molecule has 132 valence electrons. The van der Waals surface area contributed by atoms with Crippen molar-refractivity contribution >= 4 is 17.7 Å². The van der Waals surface area contributed by atoms with Crippen LogP contribution >= 0.6 is 0 Å². The summed E-state index contributed by atoms with van der Waals surface area (Å²) < 4.78 is 13.6. The molecule has 2 amide bonds. The van der Waals surface area contributed by atoms with Gasteiger partial charge in [-0.25, -0.2) is 9.18 Å². The third-order valence-corrected chi connectivity index (χ3v) is 4.26. The standard InChI is InChI=1S/C18H22FN5O/c19-15-9-5-4-6-13(15)12-20-16-10-11-17(24-23-16)22-18(25)21-14-7-2-1-3-8-14/h4-6,9-11,14H,1-3,7-8,12H2,(H,20,23)(H2,21,22,24,25). The summed E-state index contributed by atoms with van der Waals surface area (Å²) in [5, 5.41) is 16.6. The molecule has 1 saturated carbocycles. The number of nitrogens with one attached hydrogen (secondary N) is 3. The second-order valence-corrected chi connectivity index (χ2v) is 6.18. The molecule has 2 aromatic rings. The van der Waals surface area contributed by atoms with E-state index in [1.165, 1.54) is 12.5 Å². The summed E-state index contributed by atoms with van der Waals surface area (Å²) in [6.45, 7) is 0.316. The molecule has 0 radical (unpaired) electrons. The van der Waals surface area contributed by atoms with Crippen LogP contribution in [0, 0.1) is 5.82 Å². The van der Waals surface area contributed by atoms with Crippen LogP contribution in [0.4, 0.5) is 20.8 Å². The van der Waals surface area contributed by atoms with E-state index < -0.39 is 0 Å². The van der Waals surface area contributed by atoms with Gasteiger partial charge in [0.25, 0.3) is 0 Å². The third kappa shape index (κ3) is 5.14. The fraction of sp³-hybridized carbons (Fsp3) is 0.389. The smallest absolute Gasteiger partial charge is 0.320 e. The van der Waals surface area contributed by atoms with Gasteiger partial charge in [0, 0.05) is 18.2 Å². The van der Waals surface area contributed by atoms with E-state index >= 15 is 0 Å². The van der Waals surface area contributed by atoms with Crippen LogP contribution in [0.5, 0.6) is 0 Å². The molecule has 1 aliphatic carbocycles. The monoisotopic (exact) mass is 343 g/mol. The van der Waals surface area contributed by atoms with Crippen LogP contribution < -0.4 is 16.0 Å². The molecule has 0 spiro atoms. The lowest BCUT2D eigenvalue weighted by Crippen LogP contribution is -2.39. The Morgan fingerprint density at radius 3 is 2.48 bits per heavy atom. The second kappa shape index (κ2) is 8.41. The minimum Gasteiger partial charge on any atom is -0.364 e. The molecule has 1 aromatic carbocycles. The number of carbonyl (C=O) groups is 1. The van der Waals surface area contributed by atoms with Crippen LogP contribution in [0.1, 0.15) is 37.7 Å². The van der Waals surface area contributed by atoms with Crippen LogP contribution in [0.2, 0.25) is 0 Å². The van der Waals surface area contributed by atoms with Gasteiger partial charge in [-0.2, -0.15) is 0 Å². The van der Waals surface area contributed by atoms with Crippen molar-refractivity contribution in [2.45, 2.75) is 44.7 Å². The number of halogens is 1. The first-order valence-electron chi connectivity index (χ1n) is 8.59. The number of hydrogen-bond donors (Lipinski definition) is 3. The fourth-order valence-electron chi connectivity index (χ4n) is 2.91. The first-order valence-corrected chi connectivity index (χ1v) is 8.59. The SMILES string of the molecule is O=C(Nc1ccc(NCc2ccccc2F)nn1)NC1CCCCC1. The molecule has 0 saturated heterocycles. The van der Waals surface area contributed by atoms with Crippen molar-refractivity contribution in [3.8, 4) is 0 Å². The maximum Gasteiger partial charge on any atom is 0.320 e. The van der Waals surface area contributed by atoms with Gasteiger partial charge in [-0.1, -0.05) is 37.5 Å². The quantitative estimate of drug-likeness (QED) is 0.774. The normalized spacial score (nSPS) is 14.8. The van der Waals surface area contributed by atoms with Crippen LogP contribution in [0.25, 0.3) is 0 Å². The number of anilines is 2. The highest BCUT2D eigenvalue weighted by molar-refractivity contribution is 5.88. The van der Waals surface area contributed by atoms with Crippen molar-refractivity contribution in [2.75, 3.05) is 10.6 Å². The Hall–Kier alpha value is -2.70. The number of hydrogen-bond acceptors (Lipinski definition) is 4. The lowest BCUT2D eigenvalue weighted by molar-refractivity contribution is 0.244. The van der Waals surface area contributed by atoms with E-state index in [1.807, 2.05) is 0 Å². The summed E-state index contributed by atoms with van der Waals surface area (Å²) in [6.07, 6.45) is 5.61. The number of rotatable bonds is 5. The molecule has 1 aliphatic rings. The Kier molecular flexibility index (Phi) is 5.77. The van der Waals surface area contributed by atoms with Gasteiger partial charge in [-0.05, 0) is 31.0 Å². The number of amides is 2. The Balaban J connectivity index is 1.48. The largest absolute Gasteiger partial charge is 0.364 e. The van der Waals surface area contributed by atoms with E-state index in [9.17, 15) is 9.18 Å². The Labute approximate surface area is 146 Å². The lowest BCUT2D eigenvalue weighted by atomic mass is 9.96. The number of benzene rings is 1. The molecular weight excluding hydrogens is 321 g/mol. The number of nitrogens with zero attached hydrogens (tertiary/aromatic N) is 2. The molecule has 6 nitrogen and oxygen atoms in total. The van der Waals surface area contributed by atoms with Crippen molar-refractivity contribution in [2.24, 2.45) is 0 Å². The molecule has 1 heterocycles. The van der Waals surface area contributed by atoms with Crippen LogP contribution in [0.3, 0.4) is 0 Å². The fourth-order valence-corrected chi connectivity index (χ4v) is 2.91. The first kappa shape index (κ1) is 17.1. The highest BCUT2D eigenvalue weighted by atomic mass is 19.1. The maximum absolute atomic E-state index is 13.6. The zero-order valence-electron chi connectivity index (χ0n) is 14.0. The van der Waals surface area contributed by atoms with Gasteiger partial charge in [-0.3, -0.25) is 5.32 Å². The Morgan fingerprint density at radius 2 is 1.76 bits per heavy atom. The molecule has 0 bridgehead atoms. The molecule has 0 aliphatic heterocycles. The van der Waals surface area contributed by atoms with Crippen molar-refractivity contribution in [1.82, 2.24) is 15.5 Å². The first-order chi connectivity index (χ1) is 12.2. The number of carbonyl (C=O) groups excluding carboxylic acids is 1. The van der Waals surface area contributed by atoms with Gasteiger partial charge in [0.1, 0.15) is 11.6 Å². The molecular formula is C18H22FN5O. The summed E-state index contributed by atoms with van der Waals surface area (Å²) >= 11 is 0. The minimum absolute atomic E-state index is 0.239. The molecule has 3 rings (SSSR count). The van der Waals surface area contributed by atoms with E-state index in [2.05, 4.69) is 26.1 Å². The molecule has 0 atom stereocenters. The van der Waals surface area contributed by atoms with E-state index in [0.29, 0.717) is 23.7 Å². The zero-order valence-corrected chi connectivity index (χ0v) is 14.0. The van der Waals surface area contributed by atoms with Crippen molar-refractivity contribution in [1.29, 1.82) is 0 Å². The predicted octanol–water partition coefficient (Wildman–Crippen LogP) is 3.68. The van der Waals surface area contributed by atoms with Gasteiger partial charge in [-0.15, -0.1) is 10.2 Å². The van der Waals surface area contributed by atoms with Crippen molar-refractivity contribution in [3.63, 3.8) is 0 Å². The zero-order chi connectivity index (χ0) is 17.5. The highest BCUT2D eigenvalue weighted by Gasteiger charge is 2.15. The third-order valence-electron chi connectivity index (χ3n) is 4.26. The Bertz CT molecular complexity index is 701. The number of urea groups is 1. The van der Waals surface area contributed by atoms with Gasteiger partial charge in [0.05, 0.1) is 0 Å². The molecule has 1 fully saturated rings. The average molecular weight is 343 g/mol. The van der Waals surface area contributed by atoms with Crippen molar-refractivity contribution in [3.05, 3.63) is 47.8 Å². The maximum atomic E-state index is 13.6. The lowest BCUT2D eigenvalue weighted by Gasteiger charge is -2.22. The van der Waals surface area contributed by atoms with E-state index in [4.69, 9.17) is 0 Å². The summed E-state index contributed by atoms with van der Waals surface area (Å²) in [4.78, 5) is 12.0. The second-order valence-electron chi connectivity index (χ2n) is 6.18. The van der Waals surface area contributed by atoms with Crippen LogP contribution in [-0.2, 0) is 6.54 Å². The van der Waals surface area contributed by atoms with E-state index in [0.717, 1.165) is 25.7 Å². The summed E-state index contributed by atoms with van der Waals surface area (Å²) in [6, 6.07) is 9.90. The Morgan fingerprint density at radius 1 is 1.04 bits per heavy atom. The average Bonchev–Trinajstić information content (AvgIpc) is 2.63. The van der Waals surface area contributed by atoms with E-state index in [-0.39, 0.29) is 17.9 Å². The van der Waals surface area contributed by atoms with Crippen LogP contribution in [0.15, 0.2) is 36.4 Å². The van der Waals surface area contributed by atoms with Gasteiger partial charge in [0.2, 0.25) is 0 Å².